The van der Waals surface area contributed by atoms with E-state index >= 15 is 0 Å². The number of nitrogens with zero attached hydrogens (tertiary/aromatic N) is 3. The standard InChI is InChI=1S/C15H17N3O2S/c1-10-9-21-14(17-10)12-6-4-8-18(12)15(19)11-5-3-7-16-13(11)20-2/h3,5,7,9,12H,4,6,8H2,1-2H3. The Kier molecular flexibility index (Phi) is 3.88. The summed E-state index contributed by atoms with van der Waals surface area (Å²) in [4.78, 5) is 23.3. The van der Waals surface area contributed by atoms with Gasteiger partial charge < -0.3 is 9.64 Å². The normalized spacial score (nSPS) is 18.0. The number of rotatable bonds is 3. The van der Waals surface area contributed by atoms with Gasteiger partial charge in [0.15, 0.2) is 0 Å². The highest BCUT2D eigenvalue weighted by Gasteiger charge is 2.33. The van der Waals surface area contributed by atoms with Gasteiger partial charge in [-0.3, -0.25) is 4.79 Å². The zero-order chi connectivity index (χ0) is 14.8. The number of hydrogen-bond donors (Lipinski definition) is 0. The topological polar surface area (TPSA) is 55.3 Å². The minimum absolute atomic E-state index is 0.0321. The van der Waals surface area contributed by atoms with Crippen LogP contribution in [0.3, 0.4) is 0 Å². The summed E-state index contributed by atoms with van der Waals surface area (Å²) in [6.07, 6.45) is 3.58. The number of methoxy groups -OCH3 is 1. The Balaban J connectivity index is 1.89. The Morgan fingerprint density at radius 2 is 2.38 bits per heavy atom. The van der Waals surface area contributed by atoms with Gasteiger partial charge in [0.2, 0.25) is 5.88 Å². The number of hydrogen-bond acceptors (Lipinski definition) is 5. The van der Waals surface area contributed by atoms with Crippen LogP contribution in [0.15, 0.2) is 23.7 Å². The van der Waals surface area contributed by atoms with Crippen LogP contribution < -0.4 is 4.74 Å². The van der Waals surface area contributed by atoms with Crippen molar-refractivity contribution in [2.24, 2.45) is 0 Å². The third-order valence-corrected chi connectivity index (χ3v) is 4.69. The van der Waals surface area contributed by atoms with Crippen LogP contribution in [-0.2, 0) is 0 Å². The minimum Gasteiger partial charge on any atom is -0.480 e. The van der Waals surface area contributed by atoms with Crippen molar-refractivity contribution in [1.82, 2.24) is 14.9 Å². The first-order chi connectivity index (χ1) is 10.2. The molecule has 1 amide bonds. The van der Waals surface area contributed by atoms with Crippen molar-refractivity contribution in [3.63, 3.8) is 0 Å². The molecule has 1 aliphatic rings. The molecule has 0 spiro atoms. The van der Waals surface area contributed by atoms with Crippen molar-refractivity contribution in [2.75, 3.05) is 13.7 Å². The highest BCUT2D eigenvalue weighted by Crippen LogP contribution is 2.35. The Hall–Kier alpha value is -1.95. The van der Waals surface area contributed by atoms with Crippen LogP contribution in [0.5, 0.6) is 5.88 Å². The van der Waals surface area contributed by atoms with Gasteiger partial charge >= 0.3 is 0 Å². The molecule has 2 aromatic heterocycles. The van der Waals surface area contributed by atoms with Gasteiger partial charge in [0.1, 0.15) is 10.6 Å². The van der Waals surface area contributed by atoms with Gasteiger partial charge in [-0.2, -0.15) is 0 Å². The lowest BCUT2D eigenvalue weighted by molar-refractivity contribution is 0.0731. The maximum atomic E-state index is 12.8. The van der Waals surface area contributed by atoms with Crippen molar-refractivity contribution >= 4 is 17.2 Å². The second-order valence-electron chi connectivity index (χ2n) is 5.04. The fourth-order valence-electron chi connectivity index (χ4n) is 2.66. The van der Waals surface area contributed by atoms with Crippen molar-refractivity contribution in [1.29, 1.82) is 0 Å². The van der Waals surface area contributed by atoms with E-state index < -0.39 is 0 Å². The first-order valence-electron chi connectivity index (χ1n) is 6.92. The lowest BCUT2D eigenvalue weighted by atomic mass is 10.2. The van der Waals surface area contributed by atoms with Gasteiger partial charge in [-0.1, -0.05) is 0 Å². The molecule has 5 nitrogen and oxygen atoms in total. The minimum atomic E-state index is -0.0321. The summed E-state index contributed by atoms with van der Waals surface area (Å²) in [5, 5.41) is 3.04. The molecule has 1 fully saturated rings. The van der Waals surface area contributed by atoms with E-state index in [1.165, 1.54) is 7.11 Å². The molecule has 2 aromatic rings. The van der Waals surface area contributed by atoms with Gasteiger partial charge in [-0.25, -0.2) is 9.97 Å². The second-order valence-corrected chi connectivity index (χ2v) is 5.93. The summed E-state index contributed by atoms with van der Waals surface area (Å²) in [6, 6.07) is 3.59. The molecule has 0 bridgehead atoms. The summed E-state index contributed by atoms with van der Waals surface area (Å²) in [7, 11) is 1.53. The van der Waals surface area contributed by atoms with E-state index in [1.54, 1.807) is 29.7 Å². The Morgan fingerprint density at radius 3 is 3.10 bits per heavy atom. The van der Waals surface area contributed by atoms with Crippen molar-refractivity contribution in [3.05, 3.63) is 40.0 Å². The van der Waals surface area contributed by atoms with Crippen molar-refractivity contribution in [3.8, 4) is 5.88 Å². The Labute approximate surface area is 127 Å². The average molecular weight is 303 g/mol. The fourth-order valence-corrected chi connectivity index (χ4v) is 3.61. The Morgan fingerprint density at radius 1 is 1.52 bits per heavy atom. The third kappa shape index (κ3) is 2.63. The average Bonchev–Trinajstić information content (AvgIpc) is 3.14. The van der Waals surface area contributed by atoms with Gasteiger partial charge in [-0.15, -0.1) is 11.3 Å². The predicted octanol–water partition coefficient (Wildman–Crippen LogP) is 2.83. The molecular weight excluding hydrogens is 286 g/mol. The van der Waals surface area contributed by atoms with Crippen LogP contribution in [0, 0.1) is 6.92 Å². The first-order valence-corrected chi connectivity index (χ1v) is 7.80. The molecule has 0 aliphatic carbocycles. The maximum absolute atomic E-state index is 12.8. The zero-order valence-electron chi connectivity index (χ0n) is 12.1. The van der Waals surface area contributed by atoms with Crippen molar-refractivity contribution in [2.45, 2.75) is 25.8 Å². The molecule has 0 saturated carbocycles. The van der Waals surface area contributed by atoms with Gasteiger partial charge in [0.25, 0.3) is 5.91 Å². The molecule has 1 saturated heterocycles. The van der Waals surface area contributed by atoms with E-state index in [0.717, 1.165) is 30.1 Å². The lowest BCUT2D eigenvalue weighted by Crippen LogP contribution is -2.31. The summed E-state index contributed by atoms with van der Waals surface area (Å²) in [6.45, 7) is 2.73. The molecule has 0 N–H and O–H groups in total. The number of aromatic nitrogens is 2. The highest BCUT2D eigenvalue weighted by molar-refractivity contribution is 7.09. The third-order valence-electron chi connectivity index (χ3n) is 3.63. The number of aryl methyl sites for hydroxylation is 1. The number of pyridine rings is 1. The number of carbonyl (C=O) groups excluding carboxylic acids is 1. The molecule has 0 radical (unpaired) electrons. The van der Waals surface area contributed by atoms with Crippen LogP contribution in [0.4, 0.5) is 0 Å². The monoisotopic (exact) mass is 303 g/mol. The quantitative estimate of drug-likeness (QED) is 0.875. The molecule has 110 valence electrons. The smallest absolute Gasteiger partial charge is 0.259 e. The summed E-state index contributed by atoms with van der Waals surface area (Å²) in [5.41, 5.74) is 1.52. The van der Waals surface area contributed by atoms with E-state index in [1.807, 2.05) is 17.2 Å². The van der Waals surface area contributed by atoms with Crippen LogP contribution in [0.25, 0.3) is 0 Å². The van der Waals surface area contributed by atoms with Crippen LogP contribution in [0.1, 0.15) is 39.9 Å². The summed E-state index contributed by atoms with van der Waals surface area (Å²) < 4.78 is 5.20. The summed E-state index contributed by atoms with van der Waals surface area (Å²) >= 11 is 1.62. The van der Waals surface area contributed by atoms with Crippen LogP contribution in [0.2, 0.25) is 0 Å². The van der Waals surface area contributed by atoms with Gasteiger partial charge in [0, 0.05) is 23.8 Å². The number of ether oxygens (including phenoxy) is 1. The molecule has 3 heterocycles. The van der Waals surface area contributed by atoms with Crippen LogP contribution in [-0.4, -0.2) is 34.4 Å². The van der Waals surface area contributed by atoms with Crippen molar-refractivity contribution < 1.29 is 9.53 Å². The van der Waals surface area contributed by atoms with E-state index in [2.05, 4.69) is 9.97 Å². The molecule has 1 atom stereocenters. The van der Waals surface area contributed by atoms with Gasteiger partial charge in [0.05, 0.1) is 13.2 Å². The molecule has 1 unspecified atom stereocenters. The van der Waals surface area contributed by atoms with E-state index in [9.17, 15) is 4.79 Å². The van der Waals surface area contributed by atoms with Crippen LogP contribution >= 0.6 is 11.3 Å². The SMILES string of the molecule is COc1ncccc1C(=O)N1CCCC1c1nc(C)cs1. The largest absolute Gasteiger partial charge is 0.480 e. The van der Waals surface area contributed by atoms with E-state index in [4.69, 9.17) is 4.74 Å². The Bertz CT molecular complexity index is 656. The number of amides is 1. The molecule has 0 aromatic carbocycles. The molecule has 3 rings (SSSR count). The molecule has 1 aliphatic heterocycles. The fraction of sp³-hybridized carbons (Fsp3) is 0.400. The second kappa shape index (κ2) is 5.81. The molecular formula is C15H17N3O2S. The van der Waals surface area contributed by atoms with E-state index in [0.29, 0.717) is 11.4 Å². The predicted molar refractivity (Wildman–Crippen MR) is 80.7 cm³/mol. The maximum Gasteiger partial charge on any atom is 0.259 e. The van der Waals surface area contributed by atoms with Gasteiger partial charge in [-0.05, 0) is 31.9 Å². The number of carbonyl (C=O) groups is 1. The first kappa shape index (κ1) is 14.0. The zero-order valence-corrected chi connectivity index (χ0v) is 12.9. The molecule has 6 heteroatoms. The lowest BCUT2D eigenvalue weighted by Gasteiger charge is -2.23. The highest BCUT2D eigenvalue weighted by atomic mass is 32.1. The van der Waals surface area contributed by atoms with E-state index in [-0.39, 0.29) is 11.9 Å². The number of likely N-dealkylation sites (tertiary alicyclic amines) is 1. The molecule has 21 heavy (non-hydrogen) atoms. The summed E-state index contributed by atoms with van der Waals surface area (Å²) in [5.74, 6) is 0.346. The number of thiazole rings is 1.